The van der Waals surface area contributed by atoms with E-state index >= 15 is 0 Å². The molecule has 1 heterocycles. The fourth-order valence-electron chi connectivity index (χ4n) is 3.62. The van der Waals surface area contributed by atoms with Crippen LogP contribution in [0.25, 0.3) is 0 Å². The molecule has 0 aromatic heterocycles. The van der Waals surface area contributed by atoms with E-state index in [4.69, 9.17) is 0 Å². The summed E-state index contributed by atoms with van der Waals surface area (Å²) in [5.74, 6) is -1.11. The summed E-state index contributed by atoms with van der Waals surface area (Å²) in [4.78, 5) is 16.7. The van der Waals surface area contributed by atoms with Crippen molar-refractivity contribution < 1.29 is 18.7 Å². The number of hydrogen-bond donors (Lipinski definition) is 2. The summed E-state index contributed by atoms with van der Waals surface area (Å²) in [6, 6.07) is 8.67. The molecular formula is C22H27F2N3O2. The van der Waals surface area contributed by atoms with E-state index in [1.54, 1.807) is 36.1 Å². The molecule has 2 aromatic carbocycles. The van der Waals surface area contributed by atoms with Gasteiger partial charge in [-0.25, -0.2) is 13.6 Å². The van der Waals surface area contributed by atoms with Crippen molar-refractivity contribution in [3.05, 3.63) is 64.7 Å². The second kappa shape index (κ2) is 9.22. The Morgan fingerprint density at radius 1 is 1.17 bits per heavy atom. The lowest BCUT2D eigenvalue weighted by molar-refractivity contribution is 0.125. The highest BCUT2D eigenvalue weighted by Gasteiger charge is 2.28. The minimum Gasteiger partial charge on any atom is -0.508 e. The van der Waals surface area contributed by atoms with Crippen molar-refractivity contribution in [2.75, 3.05) is 20.1 Å². The predicted molar refractivity (Wildman–Crippen MR) is 107 cm³/mol. The maximum atomic E-state index is 14.4. The molecule has 5 nitrogen and oxygen atoms in total. The maximum Gasteiger partial charge on any atom is 0.318 e. The lowest BCUT2D eigenvalue weighted by atomic mass is 10.0. The lowest BCUT2D eigenvalue weighted by Crippen LogP contribution is -2.49. The molecule has 1 aliphatic heterocycles. The third kappa shape index (κ3) is 5.44. The summed E-state index contributed by atoms with van der Waals surface area (Å²) in [6.45, 7) is 3.43. The summed E-state index contributed by atoms with van der Waals surface area (Å²) < 4.78 is 28.8. The second-order valence-electron chi connectivity index (χ2n) is 7.69. The normalized spacial score (nSPS) is 15.3. The van der Waals surface area contributed by atoms with Gasteiger partial charge in [0.2, 0.25) is 0 Å². The molecule has 0 spiro atoms. The van der Waals surface area contributed by atoms with Gasteiger partial charge in [0, 0.05) is 18.2 Å². The molecule has 156 valence electrons. The Kier molecular flexibility index (Phi) is 6.69. The molecule has 29 heavy (non-hydrogen) atoms. The fraction of sp³-hybridized carbons (Fsp3) is 0.409. The van der Waals surface area contributed by atoms with Gasteiger partial charge in [0.05, 0.1) is 6.54 Å². The van der Waals surface area contributed by atoms with Gasteiger partial charge in [0.15, 0.2) is 0 Å². The summed E-state index contributed by atoms with van der Waals surface area (Å²) in [6.07, 6.45) is 1.50. The Balaban J connectivity index is 1.77. The molecule has 1 aliphatic rings. The number of phenols is 1. The number of urea groups is 1. The molecule has 0 aliphatic carbocycles. The first-order valence-electron chi connectivity index (χ1n) is 9.79. The molecule has 0 saturated carbocycles. The molecule has 1 saturated heterocycles. The van der Waals surface area contributed by atoms with E-state index < -0.39 is 11.6 Å². The molecular weight excluding hydrogens is 376 g/mol. The van der Waals surface area contributed by atoms with Gasteiger partial charge in [-0.3, -0.25) is 0 Å². The molecule has 0 radical (unpaired) electrons. The van der Waals surface area contributed by atoms with Gasteiger partial charge in [0.25, 0.3) is 0 Å². The number of aromatic hydroxyl groups is 1. The Hall–Kier alpha value is -2.67. The van der Waals surface area contributed by atoms with Crippen LogP contribution in [0.3, 0.4) is 0 Å². The first-order valence-corrected chi connectivity index (χ1v) is 9.79. The van der Waals surface area contributed by atoms with E-state index in [9.17, 15) is 18.7 Å². The fourth-order valence-corrected chi connectivity index (χ4v) is 3.62. The van der Waals surface area contributed by atoms with Crippen molar-refractivity contribution >= 4 is 6.03 Å². The van der Waals surface area contributed by atoms with Crippen molar-refractivity contribution in [3.8, 4) is 5.75 Å². The quantitative estimate of drug-likeness (QED) is 0.799. The van der Waals surface area contributed by atoms with Crippen LogP contribution in [0.15, 0.2) is 36.4 Å². The number of halogens is 2. The van der Waals surface area contributed by atoms with Crippen LogP contribution in [0.4, 0.5) is 13.6 Å². The SMILES string of the molecule is Cc1cc(F)c(CN(C(=O)NCc2ccc(O)cc2)C2CCN(C)CC2)c(F)c1. The predicted octanol–water partition coefficient (Wildman–Crippen LogP) is 3.78. The number of benzene rings is 2. The zero-order chi connectivity index (χ0) is 21.0. The van der Waals surface area contributed by atoms with Crippen LogP contribution < -0.4 is 5.32 Å². The molecule has 0 bridgehead atoms. The third-order valence-electron chi connectivity index (χ3n) is 5.38. The smallest absolute Gasteiger partial charge is 0.318 e. The van der Waals surface area contributed by atoms with Crippen molar-refractivity contribution in [2.45, 2.75) is 38.9 Å². The zero-order valence-electron chi connectivity index (χ0n) is 16.8. The van der Waals surface area contributed by atoms with E-state index in [0.29, 0.717) is 5.56 Å². The average molecular weight is 403 g/mol. The van der Waals surface area contributed by atoms with Crippen LogP contribution >= 0.6 is 0 Å². The Morgan fingerprint density at radius 3 is 2.34 bits per heavy atom. The number of aryl methyl sites for hydroxylation is 1. The highest BCUT2D eigenvalue weighted by molar-refractivity contribution is 5.74. The van der Waals surface area contributed by atoms with E-state index in [1.165, 1.54) is 12.1 Å². The number of carbonyl (C=O) groups is 1. The first kappa shape index (κ1) is 21.0. The van der Waals surface area contributed by atoms with Crippen LogP contribution in [0.1, 0.15) is 29.5 Å². The molecule has 0 atom stereocenters. The van der Waals surface area contributed by atoms with Gasteiger partial charge >= 0.3 is 6.03 Å². The number of phenolic OH excluding ortho intramolecular Hbond substituents is 1. The van der Waals surface area contributed by atoms with Gasteiger partial charge < -0.3 is 20.2 Å². The van der Waals surface area contributed by atoms with E-state index in [2.05, 4.69) is 10.2 Å². The van der Waals surface area contributed by atoms with E-state index in [0.717, 1.165) is 31.5 Å². The van der Waals surface area contributed by atoms with E-state index in [1.807, 2.05) is 7.05 Å². The lowest BCUT2D eigenvalue weighted by Gasteiger charge is -2.37. The molecule has 1 fully saturated rings. The number of likely N-dealkylation sites (tertiary alicyclic amines) is 1. The maximum absolute atomic E-state index is 14.4. The number of rotatable bonds is 5. The second-order valence-corrected chi connectivity index (χ2v) is 7.69. The van der Waals surface area contributed by atoms with Crippen LogP contribution in [0.5, 0.6) is 5.75 Å². The number of amides is 2. The molecule has 2 aromatic rings. The molecule has 2 N–H and O–H groups in total. The van der Waals surface area contributed by atoms with Crippen LogP contribution in [0.2, 0.25) is 0 Å². The van der Waals surface area contributed by atoms with Gasteiger partial charge in [-0.15, -0.1) is 0 Å². The van der Waals surface area contributed by atoms with Gasteiger partial charge in [-0.05, 0) is 75.3 Å². The van der Waals surface area contributed by atoms with Crippen molar-refractivity contribution in [1.82, 2.24) is 15.1 Å². The molecule has 3 rings (SSSR count). The highest BCUT2D eigenvalue weighted by atomic mass is 19.1. The van der Waals surface area contributed by atoms with E-state index in [-0.39, 0.29) is 36.5 Å². The standard InChI is InChI=1S/C22H27F2N3O2/c1-15-11-20(23)19(21(24)12-15)14-27(17-7-9-26(2)10-8-17)22(29)25-13-16-3-5-18(28)6-4-16/h3-6,11-12,17,28H,7-10,13-14H2,1-2H3,(H,25,29). The van der Waals surface area contributed by atoms with Crippen molar-refractivity contribution in [1.29, 1.82) is 0 Å². The Labute approximate surface area is 169 Å². The van der Waals surface area contributed by atoms with Crippen LogP contribution in [-0.2, 0) is 13.1 Å². The number of nitrogens with one attached hydrogen (secondary N) is 1. The Morgan fingerprint density at radius 2 is 1.76 bits per heavy atom. The number of piperidine rings is 1. The zero-order valence-corrected chi connectivity index (χ0v) is 16.8. The number of nitrogens with zero attached hydrogens (tertiary/aromatic N) is 2. The first-order chi connectivity index (χ1) is 13.8. The topological polar surface area (TPSA) is 55.8 Å². The van der Waals surface area contributed by atoms with Crippen LogP contribution in [0, 0.1) is 18.6 Å². The summed E-state index contributed by atoms with van der Waals surface area (Å²) in [5, 5.41) is 12.2. The van der Waals surface area contributed by atoms with Gasteiger partial charge in [-0.2, -0.15) is 0 Å². The largest absolute Gasteiger partial charge is 0.508 e. The molecule has 7 heteroatoms. The van der Waals surface area contributed by atoms with Gasteiger partial charge in [-0.1, -0.05) is 12.1 Å². The minimum atomic E-state index is -0.633. The van der Waals surface area contributed by atoms with Crippen molar-refractivity contribution in [3.63, 3.8) is 0 Å². The third-order valence-corrected chi connectivity index (χ3v) is 5.38. The summed E-state index contributed by atoms with van der Waals surface area (Å²) in [7, 11) is 2.02. The molecule has 0 unspecified atom stereocenters. The van der Waals surface area contributed by atoms with Crippen molar-refractivity contribution in [2.24, 2.45) is 0 Å². The summed E-state index contributed by atoms with van der Waals surface area (Å²) >= 11 is 0. The average Bonchev–Trinajstić information content (AvgIpc) is 2.68. The number of carbonyl (C=O) groups excluding carboxylic acids is 1. The van der Waals surface area contributed by atoms with Crippen LogP contribution in [-0.4, -0.2) is 47.1 Å². The van der Waals surface area contributed by atoms with Gasteiger partial charge in [0.1, 0.15) is 17.4 Å². The molecule has 2 amide bonds. The number of hydrogen-bond acceptors (Lipinski definition) is 3. The monoisotopic (exact) mass is 403 g/mol. The highest BCUT2D eigenvalue weighted by Crippen LogP contribution is 2.23. The minimum absolute atomic E-state index is 0.0886. The Bertz CT molecular complexity index is 827. The summed E-state index contributed by atoms with van der Waals surface area (Å²) in [5.41, 5.74) is 1.24.